The van der Waals surface area contributed by atoms with Crippen LogP contribution in [0.1, 0.15) is 31.7 Å². The molecule has 1 saturated heterocycles. The van der Waals surface area contributed by atoms with Crippen molar-refractivity contribution in [2.45, 2.75) is 38.8 Å². The molecular formula is C15H23NO2. The SMILES string of the molecule is CCOCc1ccccc1NC1CCCOCC1. The molecule has 1 N–H and O–H groups in total. The van der Waals surface area contributed by atoms with Gasteiger partial charge in [-0.3, -0.25) is 0 Å². The molecule has 1 aliphatic heterocycles. The smallest absolute Gasteiger partial charge is 0.0736 e. The van der Waals surface area contributed by atoms with Crippen LogP contribution < -0.4 is 5.32 Å². The lowest BCUT2D eigenvalue weighted by Crippen LogP contribution is -2.20. The molecule has 0 radical (unpaired) electrons. The largest absolute Gasteiger partial charge is 0.382 e. The number of benzene rings is 1. The number of rotatable bonds is 5. The van der Waals surface area contributed by atoms with E-state index in [-0.39, 0.29) is 0 Å². The van der Waals surface area contributed by atoms with Crippen molar-refractivity contribution in [3.05, 3.63) is 29.8 Å². The Morgan fingerprint density at radius 2 is 2.17 bits per heavy atom. The normalized spacial score (nSPS) is 20.4. The highest BCUT2D eigenvalue weighted by Crippen LogP contribution is 2.20. The second-order valence-electron chi connectivity index (χ2n) is 4.68. The summed E-state index contributed by atoms with van der Waals surface area (Å²) >= 11 is 0. The van der Waals surface area contributed by atoms with E-state index in [4.69, 9.17) is 9.47 Å². The zero-order chi connectivity index (χ0) is 12.6. The predicted molar refractivity (Wildman–Crippen MR) is 73.9 cm³/mol. The third-order valence-corrected chi connectivity index (χ3v) is 3.29. The molecule has 1 atom stereocenters. The van der Waals surface area contributed by atoms with Crippen molar-refractivity contribution in [3.8, 4) is 0 Å². The zero-order valence-corrected chi connectivity index (χ0v) is 11.2. The highest BCUT2D eigenvalue weighted by molar-refractivity contribution is 5.51. The Kier molecular flexibility index (Phi) is 5.49. The molecule has 100 valence electrons. The minimum Gasteiger partial charge on any atom is -0.382 e. The van der Waals surface area contributed by atoms with Crippen LogP contribution in [0, 0.1) is 0 Å². The maximum atomic E-state index is 5.51. The Hall–Kier alpha value is -1.06. The van der Waals surface area contributed by atoms with Gasteiger partial charge >= 0.3 is 0 Å². The average molecular weight is 249 g/mol. The number of para-hydroxylation sites is 1. The number of hydrogen-bond donors (Lipinski definition) is 1. The van der Waals surface area contributed by atoms with Crippen molar-refractivity contribution >= 4 is 5.69 Å². The third-order valence-electron chi connectivity index (χ3n) is 3.29. The fourth-order valence-electron chi connectivity index (χ4n) is 2.27. The van der Waals surface area contributed by atoms with Crippen molar-refractivity contribution in [2.75, 3.05) is 25.1 Å². The fourth-order valence-corrected chi connectivity index (χ4v) is 2.27. The van der Waals surface area contributed by atoms with E-state index < -0.39 is 0 Å². The van der Waals surface area contributed by atoms with Gasteiger partial charge in [-0.2, -0.15) is 0 Å². The summed E-state index contributed by atoms with van der Waals surface area (Å²) < 4.78 is 11.0. The highest BCUT2D eigenvalue weighted by atomic mass is 16.5. The molecule has 2 rings (SSSR count). The standard InChI is InChI=1S/C15H23NO2/c1-2-17-12-13-6-3-4-8-15(13)16-14-7-5-10-18-11-9-14/h3-4,6,8,14,16H,2,5,7,9-12H2,1H3. The van der Waals surface area contributed by atoms with Gasteiger partial charge in [0.05, 0.1) is 6.61 Å². The van der Waals surface area contributed by atoms with E-state index in [2.05, 4.69) is 29.6 Å². The first-order chi connectivity index (χ1) is 8.90. The van der Waals surface area contributed by atoms with E-state index in [9.17, 15) is 0 Å². The first-order valence-corrected chi connectivity index (χ1v) is 6.90. The van der Waals surface area contributed by atoms with Crippen LogP contribution in [0.25, 0.3) is 0 Å². The van der Waals surface area contributed by atoms with Crippen molar-refractivity contribution in [2.24, 2.45) is 0 Å². The van der Waals surface area contributed by atoms with Crippen LogP contribution in [-0.4, -0.2) is 25.9 Å². The molecule has 1 fully saturated rings. The molecule has 0 amide bonds. The molecule has 1 heterocycles. The molecule has 18 heavy (non-hydrogen) atoms. The fraction of sp³-hybridized carbons (Fsp3) is 0.600. The zero-order valence-electron chi connectivity index (χ0n) is 11.2. The Morgan fingerprint density at radius 3 is 3.06 bits per heavy atom. The Bertz CT molecular complexity index is 346. The van der Waals surface area contributed by atoms with E-state index in [1.807, 2.05) is 6.92 Å². The molecule has 0 bridgehead atoms. The van der Waals surface area contributed by atoms with Crippen LogP contribution in [0.3, 0.4) is 0 Å². The van der Waals surface area contributed by atoms with Gasteiger partial charge in [-0.15, -0.1) is 0 Å². The number of ether oxygens (including phenoxy) is 2. The van der Waals surface area contributed by atoms with Crippen LogP contribution in [0.4, 0.5) is 5.69 Å². The number of nitrogens with one attached hydrogen (secondary N) is 1. The molecule has 3 heteroatoms. The summed E-state index contributed by atoms with van der Waals surface area (Å²) in [5.41, 5.74) is 2.45. The summed E-state index contributed by atoms with van der Waals surface area (Å²) in [5.74, 6) is 0. The topological polar surface area (TPSA) is 30.5 Å². The minimum absolute atomic E-state index is 0.523. The molecule has 0 aromatic heterocycles. The summed E-state index contributed by atoms with van der Waals surface area (Å²) in [4.78, 5) is 0. The van der Waals surface area contributed by atoms with Gasteiger partial charge in [0.2, 0.25) is 0 Å². The lowest BCUT2D eigenvalue weighted by atomic mass is 10.1. The molecule has 1 aromatic carbocycles. The molecule has 0 aliphatic carbocycles. The van der Waals surface area contributed by atoms with Gasteiger partial charge in [0.25, 0.3) is 0 Å². The molecule has 3 nitrogen and oxygen atoms in total. The van der Waals surface area contributed by atoms with Gasteiger partial charge in [0.15, 0.2) is 0 Å². The molecule has 1 aromatic rings. The average Bonchev–Trinajstić information content (AvgIpc) is 2.66. The maximum absolute atomic E-state index is 5.51. The van der Waals surface area contributed by atoms with E-state index in [0.29, 0.717) is 12.6 Å². The first kappa shape index (κ1) is 13.4. The van der Waals surface area contributed by atoms with E-state index >= 15 is 0 Å². The first-order valence-electron chi connectivity index (χ1n) is 6.90. The Morgan fingerprint density at radius 1 is 1.28 bits per heavy atom. The lowest BCUT2D eigenvalue weighted by molar-refractivity contribution is 0.134. The molecular weight excluding hydrogens is 226 g/mol. The van der Waals surface area contributed by atoms with Crippen LogP contribution in [0.5, 0.6) is 0 Å². The van der Waals surface area contributed by atoms with Gasteiger partial charge in [0.1, 0.15) is 0 Å². The molecule has 0 spiro atoms. The monoisotopic (exact) mass is 249 g/mol. The molecule has 0 saturated carbocycles. The predicted octanol–water partition coefficient (Wildman–Crippen LogP) is 3.20. The second-order valence-corrected chi connectivity index (χ2v) is 4.68. The van der Waals surface area contributed by atoms with Gasteiger partial charge in [-0.05, 0) is 32.3 Å². The van der Waals surface area contributed by atoms with E-state index in [0.717, 1.165) is 32.7 Å². The summed E-state index contributed by atoms with van der Waals surface area (Å²) in [7, 11) is 0. The maximum Gasteiger partial charge on any atom is 0.0736 e. The van der Waals surface area contributed by atoms with Crippen LogP contribution >= 0.6 is 0 Å². The van der Waals surface area contributed by atoms with Gasteiger partial charge in [-0.25, -0.2) is 0 Å². The van der Waals surface area contributed by atoms with Crippen LogP contribution in [0.15, 0.2) is 24.3 Å². The molecule has 1 aliphatic rings. The van der Waals surface area contributed by atoms with Crippen molar-refractivity contribution in [3.63, 3.8) is 0 Å². The van der Waals surface area contributed by atoms with Gasteiger partial charge in [-0.1, -0.05) is 18.2 Å². The Balaban J connectivity index is 1.98. The van der Waals surface area contributed by atoms with Crippen molar-refractivity contribution in [1.29, 1.82) is 0 Å². The summed E-state index contributed by atoms with van der Waals surface area (Å²) in [6, 6.07) is 8.93. The number of anilines is 1. The lowest BCUT2D eigenvalue weighted by Gasteiger charge is -2.19. The third kappa shape index (κ3) is 4.00. The summed E-state index contributed by atoms with van der Waals surface area (Å²) in [6.07, 6.45) is 3.41. The van der Waals surface area contributed by atoms with Crippen molar-refractivity contribution in [1.82, 2.24) is 0 Å². The van der Waals surface area contributed by atoms with E-state index in [1.54, 1.807) is 0 Å². The minimum atomic E-state index is 0.523. The van der Waals surface area contributed by atoms with Crippen LogP contribution in [-0.2, 0) is 16.1 Å². The second kappa shape index (κ2) is 7.39. The van der Waals surface area contributed by atoms with Crippen molar-refractivity contribution < 1.29 is 9.47 Å². The Labute approximate surface area is 109 Å². The van der Waals surface area contributed by atoms with Crippen LogP contribution in [0.2, 0.25) is 0 Å². The number of hydrogen-bond acceptors (Lipinski definition) is 3. The summed E-state index contributed by atoms with van der Waals surface area (Å²) in [6.45, 7) is 5.23. The quantitative estimate of drug-likeness (QED) is 0.869. The van der Waals surface area contributed by atoms with Gasteiger partial charge < -0.3 is 14.8 Å². The van der Waals surface area contributed by atoms with E-state index in [1.165, 1.54) is 17.7 Å². The molecule has 1 unspecified atom stereocenters. The highest BCUT2D eigenvalue weighted by Gasteiger charge is 2.13. The summed E-state index contributed by atoms with van der Waals surface area (Å²) in [5, 5.41) is 3.64. The van der Waals surface area contributed by atoms with Gasteiger partial charge in [0, 0.05) is 37.1 Å².